The van der Waals surface area contributed by atoms with E-state index in [2.05, 4.69) is 0 Å². The van der Waals surface area contributed by atoms with Crippen molar-refractivity contribution < 1.29 is 0 Å². The van der Waals surface area contributed by atoms with Crippen molar-refractivity contribution in [2.45, 2.75) is 52.0 Å². The van der Waals surface area contributed by atoms with E-state index in [1.807, 2.05) is 24.5 Å². The minimum absolute atomic E-state index is 0.00407. The first-order chi connectivity index (χ1) is 7.61. The van der Waals surface area contributed by atoms with Gasteiger partial charge in [-0.25, -0.2) is 0 Å². The molecule has 1 aliphatic carbocycles. The summed E-state index contributed by atoms with van der Waals surface area (Å²) in [4.78, 5) is 12.1. The van der Waals surface area contributed by atoms with Gasteiger partial charge in [0.1, 0.15) is 5.69 Å². The molecule has 1 aromatic heterocycles. The number of aromatic nitrogens is 1. The highest BCUT2D eigenvalue weighted by atomic mass is 16.1. The van der Waals surface area contributed by atoms with E-state index in [0.717, 1.165) is 24.1 Å². The van der Waals surface area contributed by atoms with Gasteiger partial charge in [-0.2, -0.15) is 0 Å². The van der Waals surface area contributed by atoms with E-state index in [-0.39, 0.29) is 5.56 Å². The maximum absolute atomic E-state index is 12.1. The molecular weight excluding hydrogens is 200 g/mol. The van der Waals surface area contributed by atoms with Gasteiger partial charge < -0.3 is 10.3 Å². The molecule has 3 heteroatoms. The molecule has 1 saturated carbocycles. The first kappa shape index (κ1) is 11.2. The minimum atomic E-state index is 0.00407. The largest absolute Gasteiger partial charge is 0.394 e. The number of nitrogen functional groups attached to an aromatic ring is 1. The van der Waals surface area contributed by atoms with Crippen molar-refractivity contribution >= 4 is 5.69 Å². The van der Waals surface area contributed by atoms with Crippen molar-refractivity contribution in [2.24, 2.45) is 0 Å². The van der Waals surface area contributed by atoms with Crippen LogP contribution in [0.2, 0.25) is 0 Å². The van der Waals surface area contributed by atoms with Crippen molar-refractivity contribution in [2.75, 3.05) is 5.73 Å². The molecule has 0 radical (unpaired) electrons. The molecule has 0 amide bonds. The number of nitrogens with two attached hydrogens (primary N) is 1. The zero-order valence-electron chi connectivity index (χ0n) is 10.1. The van der Waals surface area contributed by atoms with Gasteiger partial charge in [-0.3, -0.25) is 4.79 Å². The van der Waals surface area contributed by atoms with Crippen LogP contribution in [0.25, 0.3) is 0 Å². The summed E-state index contributed by atoms with van der Waals surface area (Å²) in [5, 5.41) is 0. The molecule has 2 rings (SSSR count). The molecule has 0 spiro atoms. The molecule has 1 fully saturated rings. The monoisotopic (exact) mass is 220 g/mol. The molecule has 1 aromatic rings. The fourth-order valence-electron chi connectivity index (χ4n) is 2.71. The van der Waals surface area contributed by atoms with Crippen LogP contribution in [-0.2, 0) is 0 Å². The third-order valence-electron chi connectivity index (χ3n) is 3.62. The van der Waals surface area contributed by atoms with Crippen molar-refractivity contribution in [1.82, 2.24) is 4.57 Å². The van der Waals surface area contributed by atoms with E-state index in [1.165, 1.54) is 19.3 Å². The summed E-state index contributed by atoms with van der Waals surface area (Å²) in [5.41, 5.74) is 8.18. The third kappa shape index (κ3) is 1.86. The van der Waals surface area contributed by atoms with Crippen LogP contribution < -0.4 is 11.3 Å². The maximum Gasteiger partial charge on any atom is 0.274 e. The zero-order chi connectivity index (χ0) is 11.7. The van der Waals surface area contributed by atoms with Crippen LogP contribution in [0.4, 0.5) is 5.69 Å². The second kappa shape index (κ2) is 4.32. The Labute approximate surface area is 96.3 Å². The van der Waals surface area contributed by atoms with Gasteiger partial charge in [-0.15, -0.1) is 0 Å². The Morgan fingerprint density at radius 1 is 1.25 bits per heavy atom. The van der Waals surface area contributed by atoms with Crippen molar-refractivity contribution in [3.05, 3.63) is 27.7 Å². The van der Waals surface area contributed by atoms with E-state index in [9.17, 15) is 4.79 Å². The molecule has 1 heterocycles. The highest BCUT2D eigenvalue weighted by Crippen LogP contribution is 2.28. The van der Waals surface area contributed by atoms with Gasteiger partial charge in [-0.05, 0) is 38.3 Å². The van der Waals surface area contributed by atoms with Gasteiger partial charge in [0.05, 0.1) is 0 Å². The first-order valence-corrected chi connectivity index (χ1v) is 6.09. The van der Waals surface area contributed by atoms with Crippen LogP contribution in [0.5, 0.6) is 0 Å². The normalized spacial score (nSPS) is 17.6. The Hall–Kier alpha value is -1.25. The van der Waals surface area contributed by atoms with Gasteiger partial charge in [-0.1, -0.05) is 19.3 Å². The Morgan fingerprint density at radius 3 is 2.50 bits per heavy atom. The smallest absolute Gasteiger partial charge is 0.274 e. The van der Waals surface area contributed by atoms with Crippen LogP contribution in [0, 0.1) is 13.8 Å². The molecule has 1 aliphatic rings. The van der Waals surface area contributed by atoms with Crippen molar-refractivity contribution in [1.29, 1.82) is 0 Å². The lowest BCUT2D eigenvalue weighted by Crippen LogP contribution is -2.30. The molecule has 0 aromatic carbocycles. The summed E-state index contributed by atoms with van der Waals surface area (Å²) < 4.78 is 1.90. The van der Waals surface area contributed by atoms with E-state index >= 15 is 0 Å². The molecule has 3 nitrogen and oxygen atoms in total. The van der Waals surface area contributed by atoms with Gasteiger partial charge in [0.25, 0.3) is 5.56 Å². The first-order valence-electron chi connectivity index (χ1n) is 6.09. The van der Waals surface area contributed by atoms with E-state index in [0.29, 0.717) is 11.7 Å². The fraction of sp³-hybridized carbons (Fsp3) is 0.615. The van der Waals surface area contributed by atoms with E-state index in [1.54, 1.807) is 0 Å². The number of aryl methyl sites for hydroxylation is 2. The molecule has 16 heavy (non-hydrogen) atoms. The summed E-state index contributed by atoms with van der Waals surface area (Å²) in [5.74, 6) is 0. The van der Waals surface area contributed by atoms with Gasteiger partial charge in [0, 0.05) is 11.7 Å². The highest BCUT2D eigenvalue weighted by molar-refractivity contribution is 5.44. The molecule has 0 saturated heterocycles. The molecule has 0 atom stereocenters. The molecule has 2 N–H and O–H groups in total. The number of anilines is 1. The van der Waals surface area contributed by atoms with Crippen molar-refractivity contribution in [3.63, 3.8) is 0 Å². The van der Waals surface area contributed by atoms with Crippen LogP contribution in [-0.4, -0.2) is 4.57 Å². The molecule has 0 aliphatic heterocycles. The van der Waals surface area contributed by atoms with Gasteiger partial charge in [0.2, 0.25) is 0 Å². The van der Waals surface area contributed by atoms with Gasteiger partial charge in [0.15, 0.2) is 0 Å². The SMILES string of the molecule is Cc1cc(C)n(C2CCCCC2)c(=O)c1N. The molecule has 0 unspecified atom stereocenters. The lowest BCUT2D eigenvalue weighted by Gasteiger charge is -2.26. The van der Waals surface area contributed by atoms with Crippen LogP contribution in [0.1, 0.15) is 49.4 Å². The van der Waals surface area contributed by atoms with E-state index in [4.69, 9.17) is 5.73 Å². The predicted molar refractivity (Wildman–Crippen MR) is 66.7 cm³/mol. The average Bonchev–Trinajstić information content (AvgIpc) is 2.28. The number of hydrogen-bond donors (Lipinski definition) is 1. The lowest BCUT2D eigenvalue weighted by atomic mass is 9.94. The Balaban J connectivity index is 2.47. The summed E-state index contributed by atoms with van der Waals surface area (Å²) in [7, 11) is 0. The van der Waals surface area contributed by atoms with E-state index < -0.39 is 0 Å². The summed E-state index contributed by atoms with van der Waals surface area (Å²) in [6.07, 6.45) is 5.98. The molecular formula is C13H20N2O. The predicted octanol–water partition coefficient (Wildman–Crippen LogP) is 2.55. The number of nitrogens with zero attached hydrogens (tertiary/aromatic N) is 1. The zero-order valence-corrected chi connectivity index (χ0v) is 10.1. The van der Waals surface area contributed by atoms with Crippen molar-refractivity contribution in [3.8, 4) is 0 Å². The summed E-state index contributed by atoms with van der Waals surface area (Å²) in [6.45, 7) is 3.90. The number of hydrogen-bond acceptors (Lipinski definition) is 2. The number of pyridine rings is 1. The van der Waals surface area contributed by atoms with Crippen LogP contribution in [0.3, 0.4) is 0 Å². The second-order valence-corrected chi connectivity index (χ2v) is 4.85. The Morgan fingerprint density at radius 2 is 1.88 bits per heavy atom. The second-order valence-electron chi connectivity index (χ2n) is 4.85. The fourth-order valence-corrected chi connectivity index (χ4v) is 2.71. The third-order valence-corrected chi connectivity index (χ3v) is 3.62. The topological polar surface area (TPSA) is 48.0 Å². The van der Waals surface area contributed by atoms with Crippen LogP contribution >= 0.6 is 0 Å². The molecule has 88 valence electrons. The minimum Gasteiger partial charge on any atom is -0.394 e. The Bertz CT molecular complexity index is 442. The average molecular weight is 220 g/mol. The number of rotatable bonds is 1. The summed E-state index contributed by atoms with van der Waals surface area (Å²) in [6, 6.07) is 2.38. The van der Waals surface area contributed by atoms with Gasteiger partial charge >= 0.3 is 0 Å². The summed E-state index contributed by atoms with van der Waals surface area (Å²) >= 11 is 0. The maximum atomic E-state index is 12.1. The Kier molecular flexibility index (Phi) is 3.03. The molecule has 0 bridgehead atoms. The van der Waals surface area contributed by atoms with Crippen LogP contribution in [0.15, 0.2) is 10.9 Å². The quantitative estimate of drug-likeness (QED) is 0.790. The lowest BCUT2D eigenvalue weighted by molar-refractivity contribution is 0.342. The standard InChI is InChI=1S/C13H20N2O/c1-9-8-10(2)15(13(16)12(9)14)11-6-4-3-5-7-11/h8,11H,3-7,14H2,1-2H3. The highest BCUT2D eigenvalue weighted by Gasteiger charge is 2.19.